The topological polar surface area (TPSA) is 47.0 Å². The van der Waals surface area contributed by atoms with Crippen LogP contribution in [0.2, 0.25) is 5.15 Å². The summed E-state index contributed by atoms with van der Waals surface area (Å²) in [5.74, 6) is 1.31. The van der Waals surface area contributed by atoms with Gasteiger partial charge in [-0.25, -0.2) is 9.97 Å². The second-order valence-corrected chi connectivity index (χ2v) is 3.77. The van der Waals surface area contributed by atoms with Crippen molar-refractivity contribution < 1.29 is 4.74 Å². The van der Waals surface area contributed by atoms with Crippen molar-refractivity contribution in [2.45, 2.75) is 0 Å². The number of nitrogens with one attached hydrogen (secondary N) is 1. The van der Waals surface area contributed by atoms with Crippen LogP contribution in [-0.2, 0) is 0 Å². The monoisotopic (exact) mass is 249 g/mol. The van der Waals surface area contributed by atoms with Crippen molar-refractivity contribution in [3.05, 3.63) is 35.5 Å². The largest absolute Gasteiger partial charge is 0.497 e. The van der Waals surface area contributed by atoms with Crippen molar-refractivity contribution >= 4 is 17.5 Å². The van der Waals surface area contributed by atoms with E-state index in [0.29, 0.717) is 11.1 Å². The Bertz CT molecular complexity index is 514. The van der Waals surface area contributed by atoms with Crippen LogP contribution in [0.3, 0.4) is 0 Å². The van der Waals surface area contributed by atoms with Crippen LogP contribution in [0.15, 0.2) is 30.3 Å². The Kier molecular flexibility index (Phi) is 3.44. The molecule has 1 aromatic carbocycles. The molecule has 2 aromatic rings. The van der Waals surface area contributed by atoms with E-state index in [9.17, 15) is 0 Å². The lowest BCUT2D eigenvalue weighted by molar-refractivity contribution is 0.415. The third-order valence-electron chi connectivity index (χ3n) is 2.30. The van der Waals surface area contributed by atoms with E-state index in [2.05, 4.69) is 15.3 Å². The molecule has 1 N–H and O–H groups in total. The number of halogens is 1. The summed E-state index contributed by atoms with van der Waals surface area (Å²) in [5.41, 5.74) is 1.74. The van der Waals surface area contributed by atoms with E-state index < -0.39 is 0 Å². The molecule has 1 aromatic heterocycles. The van der Waals surface area contributed by atoms with E-state index in [1.807, 2.05) is 24.3 Å². The number of hydrogen-bond donors (Lipinski definition) is 1. The number of hydrogen-bond acceptors (Lipinski definition) is 4. The Balaban J connectivity index is 2.41. The lowest BCUT2D eigenvalue weighted by Crippen LogP contribution is -1.97. The van der Waals surface area contributed by atoms with Gasteiger partial charge in [-0.05, 0) is 24.3 Å². The van der Waals surface area contributed by atoms with Gasteiger partial charge in [0.05, 0.1) is 12.8 Å². The number of aromatic nitrogens is 2. The Morgan fingerprint density at radius 3 is 2.47 bits per heavy atom. The van der Waals surface area contributed by atoms with Gasteiger partial charge in [-0.3, -0.25) is 0 Å². The van der Waals surface area contributed by atoms with Crippen LogP contribution < -0.4 is 10.1 Å². The first kappa shape index (κ1) is 11.7. The molecule has 0 aliphatic rings. The summed E-state index contributed by atoms with van der Waals surface area (Å²) in [6.45, 7) is 0. The zero-order valence-corrected chi connectivity index (χ0v) is 10.3. The zero-order valence-electron chi connectivity index (χ0n) is 9.57. The van der Waals surface area contributed by atoms with Crippen LogP contribution in [0.4, 0.5) is 5.95 Å². The summed E-state index contributed by atoms with van der Waals surface area (Å²) in [6, 6.07) is 9.34. The maximum Gasteiger partial charge on any atom is 0.224 e. The van der Waals surface area contributed by atoms with Crippen molar-refractivity contribution in [3.63, 3.8) is 0 Å². The second kappa shape index (κ2) is 5.01. The van der Waals surface area contributed by atoms with Gasteiger partial charge in [0.15, 0.2) is 0 Å². The molecular weight excluding hydrogens is 238 g/mol. The predicted octanol–water partition coefficient (Wildman–Crippen LogP) is 2.85. The third-order valence-corrected chi connectivity index (χ3v) is 2.50. The number of nitrogens with zero attached hydrogens (tertiary/aromatic N) is 2. The molecule has 0 saturated carbocycles. The van der Waals surface area contributed by atoms with Crippen LogP contribution in [0.25, 0.3) is 11.3 Å². The molecule has 0 amide bonds. The molecule has 0 saturated heterocycles. The van der Waals surface area contributed by atoms with Crippen molar-refractivity contribution in [1.29, 1.82) is 0 Å². The summed E-state index contributed by atoms with van der Waals surface area (Å²) >= 11 is 5.92. The molecule has 0 aliphatic carbocycles. The standard InChI is InChI=1S/C12H12ClN3O/c1-14-12-15-10(7-11(13)16-12)8-3-5-9(17-2)6-4-8/h3-7H,1-2H3,(H,14,15,16). The average molecular weight is 250 g/mol. The van der Waals surface area contributed by atoms with Crippen LogP contribution in [0.5, 0.6) is 5.75 Å². The van der Waals surface area contributed by atoms with Gasteiger partial charge >= 0.3 is 0 Å². The van der Waals surface area contributed by atoms with Crippen LogP contribution >= 0.6 is 11.6 Å². The van der Waals surface area contributed by atoms with Gasteiger partial charge < -0.3 is 10.1 Å². The molecule has 0 unspecified atom stereocenters. The Morgan fingerprint density at radius 2 is 1.88 bits per heavy atom. The van der Waals surface area contributed by atoms with Gasteiger partial charge in [-0.15, -0.1) is 0 Å². The summed E-state index contributed by atoms with van der Waals surface area (Å²) in [4.78, 5) is 8.36. The van der Waals surface area contributed by atoms with Gasteiger partial charge in [-0.2, -0.15) is 0 Å². The first-order valence-electron chi connectivity index (χ1n) is 5.09. The van der Waals surface area contributed by atoms with Crippen LogP contribution in [0.1, 0.15) is 0 Å². The minimum atomic E-state index is 0.412. The molecule has 88 valence electrons. The van der Waals surface area contributed by atoms with Gasteiger partial charge in [-0.1, -0.05) is 11.6 Å². The quantitative estimate of drug-likeness (QED) is 0.850. The fourth-order valence-corrected chi connectivity index (χ4v) is 1.62. The molecule has 0 bridgehead atoms. The normalized spacial score (nSPS) is 10.1. The van der Waals surface area contributed by atoms with Crippen LogP contribution in [-0.4, -0.2) is 24.1 Å². The lowest BCUT2D eigenvalue weighted by Gasteiger charge is -2.05. The molecule has 1 heterocycles. The fraction of sp³-hybridized carbons (Fsp3) is 0.167. The predicted molar refractivity (Wildman–Crippen MR) is 68.6 cm³/mol. The summed E-state index contributed by atoms with van der Waals surface area (Å²) in [6.07, 6.45) is 0. The highest BCUT2D eigenvalue weighted by Gasteiger charge is 2.04. The zero-order chi connectivity index (χ0) is 12.3. The average Bonchev–Trinajstić information content (AvgIpc) is 2.38. The van der Waals surface area contributed by atoms with E-state index in [0.717, 1.165) is 17.0 Å². The van der Waals surface area contributed by atoms with Gasteiger partial charge in [0.1, 0.15) is 10.9 Å². The molecule has 0 spiro atoms. The highest BCUT2D eigenvalue weighted by molar-refractivity contribution is 6.29. The minimum Gasteiger partial charge on any atom is -0.497 e. The van der Waals surface area contributed by atoms with E-state index >= 15 is 0 Å². The molecule has 4 nitrogen and oxygen atoms in total. The molecule has 5 heteroatoms. The smallest absolute Gasteiger partial charge is 0.224 e. The maximum atomic E-state index is 5.92. The molecule has 2 rings (SSSR count). The van der Waals surface area contributed by atoms with E-state index in [1.165, 1.54) is 0 Å². The molecule has 0 fully saturated rings. The third kappa shape index (κ3) is 2.65. The molecular formula is C12H12ClN3O. The van der Waals surface area contributed by atoms with Crippen molar-refractivity contribution in [1.82, 2.24) is 9.97 Å². The number of ether oxygens (including phenoxy) is 1. The minimum absolute atomic E-state index is 0.412. The number of anilines is 1. The SMILES string of the molecule is CNc1nc(Cl)cc(-c2ccc(OC)cc2)n1. The summed E-state index contributed by atoms with van der Waals surface area (Å²) in [5, 5.41) is 3.28. The van der Waals surface area contributed by atoms with Crippen molar-refractivity contribution in [2.24, 2.45) is 0 Å². The van der Waals surface area contributed by atoms with Crippen LogP contribution in [0, 0.1) is 0 Å². The van der Waals surface area contributed by atoms with Crippen molar-refractivity contribution in [3.8, 4) is 17.0 Å². The number of rotatable bonds is 3. The maximum absolute atomic E-state index is 5.92. The molecule has 0 radical (unpaired) electrons. The number of benzene rings is 1. The first-order valence-corrected chi connectivity index (χ1v) is 5.47. The fourth-order valence-electron chi connectivity index (χ4n) is 1.44. The van der Waals surface area contributed by atoms with Crippen molar-refractivity contribution in [2.75, 3.05) is 19.5 Å². The first-order chi connectivity index (χ1) is 8.22. The molecule has 0 atom stereocenters. The Labute approximate surface area is 105 Å². The van der Waals surface area contributed by atoms with Gasteiger partial charge in [0, 0.05) is 18.7 Å². The lowest BCUT2D eigenvalue weighted by atomic mass is 10.1. The van der Waals surface area contributed by atoms with E-state index in [-0.39, 0.29) is 0 Å². The Hall–Kier alpha value is -1.81. The molecule has 0 aliphatic heterocycles. The highest BCUT2D eigenvalue weighted by atomic mass is 35.5. The highest BCUT2D eigenvalue weighted by Crippen LogP contribution is 2.23. The van der Waals surface area contributed by atoms with Gasteiger partial charge in [0.2, 0.25) is 5.95 Å². The summed E-state index contributed by atoms with van der Waals surface area (Å²) in [7, 11) is 3.39. The number of methoxy groups -OCH3 is 1. The Morgan fingerprint density at radius 1 is 1.18 bits per heavy atom. The molecule has 17 heavy (non-hydrogen) atoms. The van der Waals surface area contributed by atoms with E-state index in [4.69, 9.17) is 16.3 Å². The van der Waals surface area contributed by atoms with E-state index in [1.54, 1.807) is 20.2 Å². The second-order valence-electron chi connectivity index (χ2n) is 3.38. The summed E-state index contributed by atoms with van der Waals surface area (Å²) < 4.78 is 5.10. The van der Waals surface area contributed by atoms with Gasteiger partial charge in [0.25, 0.3) is 0 Å².